The van der Waals surface area contributed by atoms with Gasteiger partial charge in [-0.15, -0.1) is 0 Å². The van der Waals surface area contributed by atoms with Crippen LogP contribution in [0.3, 0.4) is 0 Å². The van der Waals surface area contributed by atoms with Gasteiger partial charge in [0.05, 0.1) is 85.9 Å². The Morgan fingerprint density at radius 1 is 0.321 bits per heavy atom. The third-order valence-electron chi connectivity index (χ3n) is 10.4. The largest absolute Gasteiger partial charge is 0.354 e. The monoisotopic (exact) mass is 700 g/mol. The van der Waals surface area contributed by atoms with E-state index >= 15 is 0 Å². The van der Waals surface area contributed by atoms with Crippen molar-refractivity contribution in [2.45, 2.75) is 0 Å². The molecule has 0 fully saturated rings. The lowest BCUT2D eigenvalue weighted by atomic mass is 10.0. The smallest absolute Gasteiger partial charge is 0.132 e. The van der Waals surface area contributed by atoms with Gasteiger partial charge in [-0.05, 0) is 138 Å². The molecule has 0 unspecified atom stereocenters. The summed E-state index contributed by atoms with van der Waals surface area (Å²) in [6, 6.07) is 39.9. The number of fused-ring (bicyclic) bond motifs is 9. The van der Waals surface area contributed by atoms with E-state index in [9.17, 15) is 0 Å². The summed E-state index contributed by atoms with van der Waals surface area (Å²) >= 11 is 0. The molecule has 7 nitrogen and oxygen atoms in total. The number of quaternary nitrogens is 3. The predicted octanol–water partition coefficient (Wildman–Crippen LogP) is 10.3. The van der Waals surface area contributed by atoms with Gasteiger partial charge in [0.2, 0.25) is 0 Å². The van der Waals surface area contributed by atoms with Crippen LogP contribution in [0.5, 0.6) is 0 Å². The molecule has 0 amide bonds. The van der Waals surface area contributed by atoms with Crippen LogP contribution in [0.25, 0.3) is 78.6 Å². The van der Waals surface area contributed by atoms with E-state index in [4.69, 9.17) is 4.98 Å². The molecule has 1 aliphatic heterocycles. The molecule has 0 saturated heterocycles. The molecule has 7 aromatic rings. The molecule has 53 heavy (non-hydrogen) atoms. The zero-order valence-electron chi connectivity index (χ0n) is 32.3. The third kappa shape index (κ3) is 6.48. The predicted molar refractivity (Wildman–Crippen MR) is 230 cm³/mol. The SMILES string of the molecule is C[N+](C)(C)c1ccc(-c2c3nc(c(-c4ccc([N+](C)(C)C)cc4)c4ccc([nH]4)c4ccc([nH]4)c(-c4ccc([N+](C)(C)C)cc4)c4ccc2[nH]4)C=C3)cc1. The number of benzene rings is 3. The van der Waals surface area contributed by atoms with Gasteiger partial charge in [0.25, 0.3) is 0 Å². The van der Waals surface area contributed by atoms with E-state index in [1.807, 2.05) is 0 Å². The van der Waals surface area contributed by atoms with E-state index in [2.05, 4.69) is 200 Å². The first kappa shape index (κ1) is 34.4. The highest BCUT2D eigenvalue weighted by Crippen LogP contribution is 2.38. The lowest BCUT2D eigenvalue weighted by Crippen LogP contribution is -2.34. The first-order chi connectivity index (χ1) is 25.1. The number of nitrogens with zero attached hydrogens (tertiary/aromatic N) is 4. The molecule has 0 radical (unpaired) electrons. The molecule has 4 aromatic heterocycles. The summed E-state index contributed by atoms with van der Waals surface area (Å²) in [7, 11) is 19.8. The number of H-pyrrole nitrogens is 3. The van der Waals surface area contributed by atoms with Crippen LogP contribution in [-0.4, -0.2) is 83.4 Å². The summed E-state index contributed by atoms with van der Waals surface area (Å²) < 4.78 is 2.25. The molecular weight excluding hydrogens is 651 g/mol. The molecular formula is C46H50N7+3. The second-order valence-electron chi connectivity index (χ2n) is 16.9. The van der Waals surface area contributed by atoms with Crippen molar-refractivity contribution in [1.29, 1.82) is 0 Å². The maximum atomic E-state index is 5.43. The molecule has 8 bridgehead atoms. The zero-order valence-corrected chi connectivity index (χ0v) is 32.3. The minimum absolute atomic E-state index is 0.744. The van der Waals surface area contributed by atoms with E-state index < -0.39 is 0 Å². The Balaban J connectivity index is 1.47. The van der Waals surface area contributed by atoms with Crippen molar-refractivity contribution >= 4 is 62.3 Å². The van der Waals surface area contributed by atoms with Crippen LogP contribution < -0.4 is 13.4 Å². The molecule has 1 aliphatic rings. The molecule has 0 atom stereocenters. The lowest BCUT2D eigenvalue weighted by Gasteiger charge is -2.23. The zero-order chi connectivity index (χ0) is 37.3. The van der Waals surface area contributed by atoms with Crippen LogP contribution in [0.2, 0.25) is 0 Å². The Bertz CT molecular complexity index is 2630. The maximum absolute atomic E-state index is 5.43. The van der Waals surface area contributed by atoms with Crippen LogP contribution in [-0.2, 0) is 0 Å². The van der Waals surface area contributed by atoms with Gasteiger partial charge in [-0.25, -0.2) is 4.98 Å². The van der Waals surface area contributed by atoms with Gasteiger partial charge in [0, 0.05) is 38.8 Å². The first-order valence-corrected chi connectivity index (χ1v) is 18.2. The fourth-order valence-corrected chi connectivity index (χ4v) is 7.29. The van der Waals surface area contributed by atoms with Crippen molar-refractivity contribution in [3.05, 3.63) is 121 Å². The number of hydrogen-bond acceptors (Lipinski definition) is 1. The van der Waals surface area contributed by atoms with Gasteiger partial charge in [0.15, 0.2) is 0 Å². The first-order valence-electron chi connectivity index (χ1n) is 18.2. The number of nitrogens with one attached hydrogen (secondary N) is 3. The number of aromatic amines is 3. The Morgan fingerprint density at radius 2 is 0.585 bits per heavy atom. The Kier molecular flexibility index (Phi) is 8.07. The second kappa shape index (κ2) is 12.5. The summed E-state index contributed by atoms with van der Waals surface area (Å²) in [6.07, 6.45) is 4.33. The average molecular weight is 701 g/mol. The van der Waals surface area contributed by atoms with Crippen LogP contribution in [0.15, 0.2) is 109 Å². The van der Waals surface area contributed by atoms with Gasteiger partial charge in [-0.1, -0.05) is 0 Å². The quantitative estimate of drug-likeness (QED) is 0.149. The maximum Gasteiger partial charge on any atom is 0.132 e. The Labute approximate surface area is 312 Å². The van der Waals surface area contributed by atoms with E-state index in [-0.39, 0.29) is 0 Å². The molecule has 3 aromatic carbocycles. The molecule has 0 saturated carbocycles. The van der Waals surface area contributed by atoms with Crippen molar-refractivity contribution in [2.75, 3.05) is 63.4 Å². The van der Waals surface area contributed by atoms with E-state index in [1.54, 1.807) is 0 Å². The standard InChI is InChI=1S/C46H50N7/c1-51(2,3)33-16-10-30(11-17-33)44-38-24-22-36(47-38)37-23-25-39(48-37)45(31-12-18-34(19-13-31)52(4,5)6)41-27-29-43(50-41)46(42-28-26-40(44)49-42)32-14-20-35(21-15-32)53(7,8)9/h10-29,47-49H,1-9H3/q+3. The highest BCUT2D eigenvalue weighted by atomic mass is 15.3. The number of aromatic nitrogens is 4. The van der Waals surface area contributed by atoms with Crippen molar-refractivity contribution in [3.63, 3.8) is 0 Å². The molecule has 7 heteroatoms. The summed E-state index contributed by atoms with van der Waals surface area (Å²) in [5, 5.41) is 0. The molecule has 5 heterocycles. The van der Waals surface area contributed by atoms with Gasteiger partial charge >= 0.3 is 0 Å². The Morgan fingerprint density at radius 3 is 0.906 bits per heavy atom. The van der Waals surface area contributed by atoms with Gasteiger partial charge < -0.3 is 15.0 Å². The van der Waals surface area contributed by atoms with Crippen molar-refractivity contribution in [1.82, 2.24) is 33.4 Å². The van der Waals surface area contributed by atoms with Gasteiger partial charge in [-0.3, -0.25) is 13.4 Å². The normalized spacial score (nSPS) is 12.9. The highest BCUT2D eigenvalue weighted by molar-refractivity contribution is 6.00. The van der Waals surface area contributed by atoms with Crippen molar-refractivity contribution in [3.8, 4) is 33.4 Å². The number of hydrogen-bond donors (Lipinski definition) is 3. The fourth-order valence-electron chi connectivity index (χ4n) is 7.29. The second-order valence-corrected chi connectivity index (χ2v) is 16.9. The van der Waals surface area contributed by atoms with Crippen molar-refractivity contribution < 1.29 is 0 Å². The molecule has 0 aliphatic carbocycles. The summed E-state index contributed by atoms with van der Waals surface area (Å²) in [6.45, 7) is 0. The topological polar surface area (TPSA) is 60.3 Å². The van der Waals surface area contributed by atoms with Gasteiger partial charge in [-0.2, -0.15) is 0 Å². The fraction of sp³-hybridized carbons (Fsp3) is 0.196. The van der Waals surface area contributed by atoms with Crippen LogP contribution in [0.4, 0.5) is 17.1 Å². The van der Waals surface area contributed by atoms with E-state index in [1.165, 1.54) is 17.1 Å². The molecule has 266 valence electrons. The minimum Gasteiger partial charge on any atom is -0.354 e. The minimum atomic E-state index is 0.744. The van der Waals surface area contributed by atoms with E-state index in [0.717, 1.165) is 91.3 Å². The summed E-state index contributed by atoms with van der Waals surface area (Å²) in [5.41, 5.74) is 18.3. The average Bonchev–Trinajstić information content (AvgIpc) is 3.94. The van der Waals surface area contributed by atoms with Crippen LogP contribution >= 0.6 is 0 Å². The van der Waals surface area contributed by atoms with E-state index in [0.29, 0.717) is 0 Å². The molecule has 3 N–H and O–H groups in total. The summed E-state index contributed by atoms with van der Waals surface area (Å²) in [5.74, 6) is 0. The summed E-state index contributed by atoms with van der Waals surface area (Å²) in [4.78, 5) is 16.9. The Hall–Kier alpha value is -5.73. The highest BCUT2D eigenvalue weighted by Gasteiger charge is 2.20. The number of rotatable bonds is 6. The van der Waals surface area contributed by atoms with Crippen molar-refractivity contribution in [2.24, 2.45) is 0 Å². The lowest BCUT2D eigenvalue weighted by molar-refractivity contribution is 0.486. The molecule has 0 spiro atoms. The van der Waals surface area contributed by atoms with Crippen LogP contribution in [0.1, 0.15) is 11.4 Å². The molecule has 8 rings (SSSR count). The van der Waals surface area contributed by atoms with Crippen LogP contribution in [0, 0.1) is 0 Å². The van der Waals surface area contributed by atoms with Gasteiger partial charge in [0.1, 0.15) is 17.1 Å². The third-order valence-corrected chi connectivity index (χ3v) is 10.4.